The predicted octanol–water partition coefficient (Wildman–Crippen LogP) is 4.22. The summed E-state index contributed by atoms with van der Waals surface area (Å²) in [5.41, 5.74) is 1.47. The molecule has 2 amide bonds. The van der Waals surface area contributed by atoms with Gasteiger partial charge in [0.25, 0.3) is 0 Å². The van der Waals surface area contributed by atoms with Crippen LogP contribution in [0.2, 0.25) is 0 Å². The van der Waals surface area contributed by atoms with Gasteiger partial charge in [0.1, 0.15) is 0 Å². The fourth-order valence-electron chi connectivity index (χ4n) is 1.41. The fourth-order valence-corrected chi connectivity index (χ4v) is 2.00. The summed E-state index contributed by atoms with van der Waals surface area (Å²) in [6.45, 7) is 0. The van der Waals surface area contributed by atoms with Crippen LogP contribution in [0.25, 0.3) is 0 Å². The number of rotatable bonds is 2. The van der Waals surface area contributed by atoms with E-state index in [-0.39, 0.29) is 6.03 Å². The third-order valence-corrected chi connectivity index (χ3v) is 3.20. The highest BCUT2D eigenvalue weighted by molar-refractivity contribution is 14.1. The first-order valence-electron chi connectivity index (χ1n) is 5.26. The van der Waals surface area contributed by atoms with E-state index in [1.54, 1.807) is 6.07 Å². The number of carbonyl (C=O) groups is 1. The van der Waals surface area contributed by atoms with E-state index in [1.165, 1.54) is 0 Å². The van der Waals surface area contributed by atoms with Crippen molar-refractivity contribution in [2.75, 3.05) is 10.6 Å². The molecule has 0 atom stereocenters. The molecule has 18 heavy (non-hydrogen) atoms. The van der Waals surface area contributed by atoms with Crippen molar-refractivity contribution < 1.29 is 4.79 Å². The summed E-state index contributed by atoms with van der Waals surface area (Å²) < 4.78 is 1.13. The van der Waals surface area contributed by atoms with Crippen molar-refractivity contribution >= 4 is 52.6 Å². The molecule has 0 saturated carbocycles. The zero-order chi connectivity index (χ0) is 13.0. The van der Waals surface area contributed by atoms with Crippen molar-refractivity contribution in [2.45, 2.75) is 4.90 Å². The van der Waals surface area contributed by atoms with Crippen LogP contribution in [-0.4, -0.2) is 6.03 Å². The minimum absolute atomic E-state index is 0.268. The van der Waals surface area contributed by atoms with Crippen LogP contribution in [0, 0.1) is 3.57 Å². The molecule has 5 heteroatoms. The number of hydrogen-bond donors (Lipinski definition) is 3. The van der Waals surface area contributed by atoms with E-state index in [2.05, 4.69) is 45.9 Å². The van der Waals surface area contributed by atoms with Gasteiger partial charge < -0.3 is 10.6 Å². The second kappa shape index (κ2) is 6.10. The van der Waals surface area contributed by atoms with E-state index in [1.807, 2.05) is 42.5 Å². The molecular formula is C13H11IN2OS. The summed E-state index contributed by atoms with van der Waals surface area (Å²) >= 11 is 6.43. The monoisotopic (exact) mass is 370 g/mol. The lowest BCUT2D eigenvalue weighted by molar-refractivity contribution is 0.262. The highest BCUT2D eigenvalue weighted by Crippen LogP contribution is 2.15. The molecule has 2 N–H and O–H groups in total. The molecule has 0 spiro atoms. The van der Waals surface area contributed by atoms with Crippen molar-refractivity contribution in [1.82, 2.24) is 0 Å². The Kier molecular flexibility index (Phi) is 4.48. The molecular weight excluding hydrogens is 359 g/mol. The van der Waals surface area contributed by atoms with Gasteiger partial charge in [-0.1, -0.05) is 6.07 Å². The highest BCUT2D eigenvalue weighted by atomic mass is 127. The maximum Gasteiger partial charge on any atom is 0.323 e. The van der Waals surface area contributed by atoms with E-state index in [9.17, 15) is 4.79 Å². The van der Waals surface area contributed by atoms with Crippen LogP contribution < -0.4 is 10.6 Å². The fraction of sp³-hybridized carbons (Fsp3) is 0. The number of halogens is 1. The number of hydrogen-bond acceptors (Lipinski definition) is 2. The molecule has 2 aromatic rings. The number of anilines is 2. The topological polar surface area (TPSA) is 41.1 Å². The SMILES string of the molecule is O=C(Nc1ccc(I)cc1)Nc1cccc(S)c1. The van der Waals surface area contributed by atoms with Crippen LogP contribution in [0.5, 0.6) is 0 Å². The molecule has 0 aromatic heterocycles. The first kappa shape index (κ1) is 13.2. The van der Waals surface area contributed by atoms with E-state index in [4.69, 9.17) is 0 Å². The molecule has 0 unspecified atom stereocenters. The zero-order valence-corrected chi connectivity index (χ0v) is 12.4. The van der Waals surface area contributed by atoms with E-state index in [0.717, 1.165) is 14.2 Å². The van der Waals surface area contributed by atoms with Gasteiger partial charge in [0.15, 0.2) is 0 Å². The number of benzene rings is 2. The third-order valence-electron chi connectivity index (χ3n) is 2.21. The maximum absolute atomic E-state index is 11.7. The van der Waals surface area contributed by atoms with Gasteiger partial charge in [-0.2, -0.15) is 0 Å². The summed E-state index contributed by atoms with van der Waals surface area (Å²) in [5, 5.41) is 5.50. The van der Waals surface area contributed by atoms with Crippen LogP contribution in [-0.2, 0) is 0 Å². The molecule has 2 aromatic carbocycles. The molecule has 3 nitrogen and oxygen atoms in total. The Morgan fingerprint density at radius 2 is 1.67 bits per heavy atom. The average Bonchev–Trinajstić information content (AvgIpc) is 2.32. The summed E-state index contributed by atoms with van der Waals surface area (Å²) in [4.78, 5) is 12.5. The lowest BCUT2D eigenvalue weighted by Crippen LogP contribution is -2.19. The van der Waals surface area contributed by atoms with E-state index in [0.29, 0.717) is 5.69 Å². The summed E-state index contributed by atoms with van der Waals surface area (Å²) in [5.74, 6) is 0. The maximum atomic E-state index is 11.7. The van der Waals surface area contributed by atoms with Crippen LogP contribution in [0.15, 0.2) is 53.4 Å². The lowest BCUT2D eigenvalue weighted by Gasteiger charge is -2.08. The molecule has 0 aliphatic rings. The number of carbonyl (C=O) groups excluding carboxylic acids is 1. The van der Waals surface area contributed by atoms with Gasteiger partial charge in [0.05, 0.1) is 0 Å². The van der Waals surface area contributed by atoms with Crippen LogP contribution >= 0.6 is 35.2 Å². The molecule has 0 fully saturated rings. The van der Waals surface area contributed by atoms with Crippen molar-refractivity contribution in [3.63, 3.8) is 0 Å². The van der Waals surface area contributed by atoms with E-state index < -0.39 is 0 Å². The van der Waals surface area contributed by atoms with Crippen LogP contribution in [0.3, 0.4) is 0 Å². The second-order valence-electron chi connectivity index (χ2n) is 3.64. The molecule has 0 aliphatic heterocycles. The molecule has 0 radical (unpaired) electrons. The first-order chi connectivity index (χ1) is 8.63. The standard InChI is InChI=1S/C13H11IN2OS/c14-9-4-6-10(7-5-9)15-13(17)16-11-2-1-3-12(18)8-11/h1-8,18H,(H2,15,16,17). The Balaban J connectivity index is 1.98. The Hall–Kier alpha value is -1.21. The molecule has 2 rings (SSSR count). The van der Waals surface area contributed by atoms with Gasteiger partial charge in [0.2, 0.25) is 0 Å². The van der Waals surface area contributed by atoms with Gasteiger partial charge in [-0.15, -0.1) is 12.6 Å². The van der Waals surface area contributed by atoms with Crippen molar-refractivity contribution in [2.24, 2.45) is 0 Å². The van der Waals surface area contributed by atoms with Crippen LogP contribution in [0.4, 0.5) is 16.2 Å². The molecule has 0 aliphatic carbocycles. The minimum Gasteiger partial charge on any atom is -0.308 e. The Morgan fingerprint density at radius 1 is 1.00 bits per heavy atom. The normalized spacial score (nSPS) is 9.89. The molecule has 0 heterocycles. The summed E-state index contributed by atoms with van der Waals surface area (Å²) in [6.07, 6.45) is 0. The zero-order valence-electron chi connectivity index (χ0n) is 9.35. The quantitative estimate of drug-likeness (QED) is 0.538. The number of amides is 2. The average molecular weight is 370 g/mol. The highest BCUT2D eigenvalue weighted by Gasteiger charge is 2.02. The number of nitrogens with one attached hydrogen (secondary N) is 2. The Bertz CT molecular complexity index is 557. The molecule has 0 saturated heterocycles. The van der Waals surface area contributed by atoms with Gasteiger partial charge in [-0.05, 0) is 65.1 Å². The Labute approximate surface area is 125 Å². The van der Waals surface area contributed by atoms with Crippen molar-refractivity contribution in [3.8, 4) is 0 Å². The minimum atomic E-state index is -0.268. The lowest BCUT2D eigenvalue weighted by atomic mass is 10.3. The van der Waals surface area contributed by atoms with Gasteiger partial charge >= 0.3 is 6.03 Å². The van der Waals surface area contributed by atoms with E-state index >= 15 is 0 Å². The van der Waals surface area contributed by atoms with Gasteiger partial charge in [-0.25, -0.2) is 4.79 Å². The Morgan fingerprint density at radius 3 is 2.33 bits per heavy atom. The van der Waals surface area contributed by atoms with Crippen molar-refractivity contribution in [1.29, 1.82) is 0 Å². The third kappa shape index (κ3) is 3.92. The van der Waals surface area contributed by atoms with Crippen molar-refractivity contribution in [3.05, 3.63) is 52.1 Å². The second-order valence-corrected chi connectivity index (χ2v) is 5.40. The van der Waals surface area contributed by atoms with Crippen LogP contribution in [0.1, 0.15) is 0 Å². The largest absolute Gasteiger partial charge is 0.323 e. The molecule has 0 bridgehead atoms. The predicted molar refractivity (Wildman–Crippen MR) is 85.5 cm³/mol. The smallest absolute Gasteiger partial charge is 0.308 e. The van der Waals surface area contributed by atoms with Gasteiger partial charge in [0, 0.05) is 19.8 Å². The van der Waals surface area contributed by atoms with Gasteiger partial charge in [-0.3, -0.25) is 0 Å². The number of urea groups is 1. The summed E-state index contributed by atoms with van der Waals surface area (Å²) in [6, 6.07) is 14.6. The summed E-state index contributed by atoms with van der Waals surface area (Å²) in [7, 11) is 0. The molecule has 92 valence electrons. The number of thiol groups is 1. The first-order valence-corrected chi connectivity index (χ1v) is 6.79.